The minimum Gasteiger partial charge on any atom is -0.493 e. The molecule has 8 nitrogen and oxygen atoms in total. The molecule has 8 heteroatoms. The van der Waals surface area contributed by atoms with Crippen LogP contribution in [0.15, 0.2) is 23.0 Å². The molecule has 1 aliphatic rings. The third kappa shape index (κ3) is 5.58. The highest BCUT2D eigenvalue weighted by Gasteiger charge is 2.19. The van der Waals surface area contributed by atoms with Crippen molar-refractivity contribution >= 4 is 5.91 Å². The van der Waals surface area contributed by atoms with Crippen LogP contribution >= 0.6 is 0 Å². The second-order valence-corrected chi connectivity index (χ2v) is 7.80. The number of amides is 1. The molecule has 0 bridgehead atoms. The number of aromatic amines is 1. The number of carbonyl (C=O) groups is 1. The van der Waals surface area contributed by atoms with Crippen molar-refractivity contribution in [2.24, 2.45) is 5.92 Å². The number of ether oxygens (including phenoxy) is 2. The van der Waals surface area contributed by atoms with Gasteiger partial charge in [-0.05, 0) is 50.3 Å². The van der Waals surface area contributed by atoms with Gasteiger partial charge in [-0.1, -0.05) is 13.3 Å². The molecule has 1 aromatic heterocycles. The Morgan fingerprint density at radius 1 is 1.30 bits per heavy atom. The van der Waals surface area contributed by atoms with Gasteiger partial charge in [-0.3, -0.25) is 9.59 Å². The van der Waals surface area contributed by atoms with Crippen molar-refractivity contribution in [3.05, 3.63) is 34.2 Å². The smallest absolute Gasteiger partial charge is 0.273 e. The maximum Gasteiger partial charge on any atom is 0.273 e. The Bertz CT molecular complexity index is 924. The van der Waals surface area contributed by atoms with Gasteiger partial charge in [-0.15, -0.1) is 10.2 Å². The third-order valence-corrected chi connectivity index (χ3v) is 5.51. The SMILES string of the molecule is CC[C@@H](C)NC(=O)CCc1nnc(-c2ccc(OCC3CCC3)c(OC)c2)[nH]c1=O. The van der Waals surface area contributed by atoms with Crippen molar-refractivity contribution in [2.75, 3.05) is 13.7 Å². The maximum absolute atomic E-state index is 12.4. The second kappa shape index (κ2) is 10.2. The molecule has 0 saturated heterocycles. The van der Waals surface area contributed by atoms with Gasteiger partial charge in [0.25, 0.3) is 5.56 Å². The highest BCUT2D eigenvalue weighted by molar-refractivity contribution is 5.76. The summed E-state index contributed by atoms with van der Waals surface area (Å²) in [6.45, 7) is 4.63. The third-order valence-electron chi connectivity index (χ3n) is 5.51. The molecule has 1 heterocycles. The molecule has 3 rings (SSSR count). The number of rotatable bonds is 10. The lowest BCUT2D eigenvalue weighted by molar-refractivity contribution is -0.121. The highest BCUT2D eigenvalue weighted by Crippen LogP contribution is 2.33. The Labute approximate surface area is 176 Å². The fraction of sp³-hybridized carbons (Fsp3) is 0.545. The van der Waals surface area contributed by atoms with E-state index in [9.17, 15) is 9.59 Å². The topological polar surface area (TPSA) is 106 Å². The number of H-pyrrole nitrogens is 1. The largest absolute Gasteiger partial charge is 0.493 e. The van der Waals surface area contributed by atoms with Crippen molar-refractivity contribution < 1.29 is 14.3 Å². The van der Waals surface area contributed by atoms with Crippen molar-refractivity contribution in [1.29, 1.82) is 0 Å². The van der Waals surface area contributed by atoms with Gasteiger partial charge in [-0.2, -0.15) is 0 Å². The van der Waals surface area contributed by atoms with E-state index in [-0.39, 0.29) is 36.0 Å². The predicted octanol–water partition coefficient (Wildman–Crippen LogP) is 2.87. The number of carbonyl (C=O) groups excluding carboxylic acids is 1. The Kier molecular flexibility index (Phi) is 7.43. The molecular formula is C22H30N4O4. The molecule has 1 saturated carbocycles. The molecule has 0 spiro atoms. The number of aryl methyl sites for hydroxylation is 1. The summed E-state index contributed by atoms with van der Waals surface area (Å²) in [5.74, 6) is 2.12. The van der Waals surface area contributed by atoms with Gasteiger partial charge in [0, 0.05) is 24.4 Å². The van der Waals surface area contributed by atoms with Crippen molar-refractivity contribution in [3.8, 4) is 22.9 Å². The van der Waals surface area contributed by atoms with Crippen LogP contribution in [-0.2, 0) is 11.2 Å². The minimum absolute atomic E-state index is 0.100. The van der Waals surface area contributed by atoms with Crippen LogP contribution in [0.3, 0.4) is 0 Å². The van der Waals surface area contributed by atoms with Gasteiger partial charge in [-0.25, -0.2) is 0 Å². The first-order chi connectivity index (χ1) is 14.5. The monoisotopic (exact) mass is 414 g/mol. The molecule has 2 N–H and O–H groups in total. The van der Waals surface area contributed by atoms with Gasteiger partial charge in [0.1, 0.15) is 5.69 Å². The average molecular weight is 415 g/mol. The van der Waals surface area contributed by atoms with Gasteiger partial charge in [0.15, 0.2) is 17.3 Å². The fourth-order valence-corrected chi connectivity index (χ4v) is 3.14. The molecule has 30 heavy (non-hydrogen) atoms. The van der Waals surface area contributed by atoms with E-state index in [2.05, 4.69) is 20.5 Å². The molecule has 1 amide bonds. The maximum atomic E-state index is 12.4. The van der Waals surface area contributed by atoms with E-state index < -0.39 is 0 Å². The fourth-order valence-electron chi connectivity index (χ4n) is 3.14. The lowest BCUT2D eigenvalue weighted by atomic mass is 9.86. The second-order valence-electron chi connectivity index (χ2n) is 7.80. The number of benzene rings is 1. The number of methoxy groups -OCH3 is 1. The van der Waals surface area contributed by atoms with Crippen LogP contribution in [0.25, 0.3) is 11.4 Å². The predicted molar refractivity (Wildman–Crippen MR) is 114 cm³/mol. The molecule has 1 aliphatic carbocycles. The van der Waals surface area contributed by atoms with E-state index >= 15 is 0 Å². The minimum atomic E-state index is -0.347. The van der Waals surface area contributed by atoms with Gasteiger partial charge >= 0.3 is 0 Å². The summed E-state index contributed by atoms with van der Waals surface area (Å²) in [5.41, 5.74) is 0.569. The van der Waals surface area contributed by atoms with Crippen LogP contribution in [0.4, 0.5) is 0 Å². The van der Waals surface area contributed by atoms with E-state index in [1.165, 1.54) is 19.3 Å². The zero-order valence-electron chi connectivity index (χ0n) is 17.9. The molecule has 1 atom stereocenters. The van der Waals surface area contributed by atoms with Crippen LogP contribution in [-0.4, -0.2) is 40.8 Å². The first-order valence-electron chi connectivity index (χ1n) is 10.6. The van der Waals surface area contributed by atoms with E-state index in [1.54, 1.807) is 13.2 Å². The van der Waals surface area contributed by atoms with E-state index in [1.807, 2.05) is 26.0 Å². The number of aromatic nitrogens is 3. The molecule has 1 fully saturated rings. The summed E-state index contributed by atoms with van der Waals surface area (Å²) in [6, 6.07) is 5.52. The normalized spacial score (nSPS) is 14.6. The average Bonchev–Trinajstić information content (AvgIpc) is 2.71. The lowest BCUT2D eigenvalue weighted by Crippen LogP contribution is -2.32. The van der Waals surface area contributed by atoms with Crippen LogP contribution in [0, 0.1) is 5.92 Å². The standard InChI is InChI=1S/C22H30N4O4/c1-4-14(2)23-20(27)11-9-17-22(28)24-21(26-25-17)16-8-10-18(19(12-16)29-3)30-13-15-6-5-7-15/h8,10,12,14-15H,4-7,9,11,13H2,1-3H3,(H,23,27)(H,24,26,28)/t14-/m1/s1. The van der Waals surface area contributed by atoms with Crippen LogP contribution in [0.5, 0.6) is 11.5 Å². The summed E-state index contributed by atoms with van der Waals surface area (Å²) < 4.78 is 11.3. The summed E-state index contributed by atoms with van der Waals surface area (Å²) >= 11 is 0. The molecule has 2 aromatic rings. The van der Waals surface area contributed by atoms with Crippen molar-refractivity contribution in [3.63, 3.8) is 0 Å². The summed E-state index contributed by atoms with van der Waals surface area (Å²) in [4.78, 5) is 27.1. The van der Waals surface area contributed by atoms with Crippen LogP contribution < -0.4 is 20.3 Å². The molecule has 1 aromatic carbocycles. The number of hydrogen-bond donors (Lipinski definition) is 2. The first kappa shape index (κ1) is 21.8. The Morgan fingerprint density at radius 3 is 2.73 bits per heavy atom. The quantitative estimate of drug-likeness (QED) is 0.619. The highest BCUT2D eigenvalue weighted by atomic mass is 16.5. The number of nitrogens with zero attached hydrogens (tertiary/aromatic N) is 2. The Hall–Kier alpha value is -2.90. The Balaban J connectivity index is 1.66. The summed E-state index contributed by atoms with van der Waals surface area (Å²) in [7, 11) is 1.58. The summed E-state index contributed by atoms with van der Waals surface area (Å²) in [6.07, 6.45) is 4.99. The van der Waals surface area contributed by atoms with Crippen LogP contribution in [0.1, 0.15) is 51.6 Å². The number of nitrogens with one attached hydrogen (secondary N) is 2. The Morgan fingerprint density at radius 2 is 2.10 bits per heavy atom. The van der Waals surface area contributed by atoms with Crippen molar-refractivity contribution in [1.82, 2.24) is 20.5 Å². The van der Waals surface area contributed by atoms with Gasteiger partial charge in [0.05, 0.1) is 13.7 Å². The zero-order valence-corrected chi connectivity index (χ0v) is 17.9. The lowest BCUT2D eigenvalue weighted by Gasteiger charge is -2.25. The van der Waals surface area contributed by atoms with Crippen LogP contribution in [0.2, 0.25) is 0 Å². The molecule has 0 radical (unpaired) electrons. The van der Waals surface area contributed by atoms with Crippen molar-refractivity contribution in [2.45, 2.75) is 58.4 Å². The van der Waals surface area contributed by atoms with Gasteiger partial charge < -0.3 is 19.8 Å². The zero-order chi connectivity index (χ0) is 21.5. The first-order valence-corrected chi connectivity index (χ1v) is 10.6. The number of hydrogen-bond acceptors (Lipinski definition) is 6. The van der Waals surface area contributed by atoms with E-state index in [0.717, 1.165) is 6.42 Å². The van der Waals surface area contributed by atoms with E-state index in [0.29, 0.717) is 35.4 Å². The van der Waals surface area contributed by atoms with Gasteiger partial charge in [0.2, 0.25) is 5.91 Å². The molecular weight excluding hydrogens is 384 g/mol. The molecule has 0 aliphatic heterocycles. The molecule has 162 valence electrons. The van der Waals surface area contributed by atoms with E-state index in [4.69, 9.17) is 9.47 Å². The summed E-state index contributed by atoms with van der Waals surface area (Å²) in [5, 5.41) is 11.0. The molecule has 0 unspecified atom stereocenters.